The second-order valence-electron chi connectivity index (χ2n) is 9.80. The van der Waals surface area contributed by atoms with Crippen LogP contribution in [0.15, 0.2) is 97.1 Å². The highest BCUT2D eigenvalue weighted by Crippen LogP contribution is 2.59. The fourth-order valence-corrected chi connectivity index (χ4v) is 5.84. The Morgan fingerprint density at radius 1 is 0.686 bits per heavy atom. The number of hydrogen-bond acceptors (Lipinski definition) is 4. The van der Waals surface area contributed by atoms with Gasteiger partial charge in [-0.3, -0.25) is 0 Å². The van der Waals surface area contributed by atoms with Crippen LogP contribution in [0.3, 0.4) is 0 Å². The quantitative estimate of drug-likeness (QED) is 0.418. The third kappa shape index (κ3) is 3.69. The number of allylic oxidation sites excluding steroid dienone is 4. The molecule has 0 spiro atoms. The van der Waals surface area contributed by atoms with Crippen molar-refractivity contribution in [2.75, 3.05) is 26.4 Å². The topological polar surface area (TPSA) is 43.5 Å². The Hall–Kier alpha value is -3.34. The Labute approximate surface area is 205 Å². The molecule has 35 heavy (non-hydrogen) atoms. The summed E-state index contributed by atoms with van der Waals surface area (Å²) >= 11 is 0. The van der Waals surface area contributed by atoms with Crippen LogP contribution >= 0.6 is 0 Å². The molecule has 0 saturated carbocycles. The SMILES string of the molecule is C1=CC2c3ccccc3C(c3ccc(OCC4CO4)cc3)(c3ccc(OCC4CO4)cc3)C2C=C1. The van der Waals surface area contributed by atoms with E-state index in [0.717, 1.165) is 24.7 Å². The molecule has 2 aliphatic carbocycles. The smallest absolute Gasteiger partial charge is 0.119 e. The first-order chi connectivity index (χ1) is 17.3. The van der Waals surface area contributed by atoms with Gasteiger partial charge in [-0.05, 0) is 46.5 Å². The molecule has 2 heterocycles. The first-order valence-electron chi connectivity index (χ1n) is 12.5. The molecule has 2 aliphatic heterocycles. The highest BCUT2D eigenvalue weighted by Gasteiger charge is 2.52. The molecule has 0 bridgehead atoms. The first-order valence-corrected chi connectivity index (χ1v) is 12.5. The van der Waals surface area contributed by atoms with Crippen molar-refractivity contribution in [1.29, 1.82) is 0 Å². The first kappa shape index (κ1) is 21.0. The van der Waals surface area contributed by atoms with Gasteiger partial charge in [0, 0.05) is 11.8 Å². The van der Waals surface area contributed by atoms with E-state index in [0.29, 0.717) is 19.1 Å². The van der Waals surface area contributed by atoms with Crippen molar-refractivity contribution in [3.8, 4) is 11.5 Å². The van der Waals surface area contributed by atoms with Gasteiger partial charge < -0.3 is 18.9 Å². The van der Waals surface area contributed by atoms with Crippen LogP contribution in [0.2, 0.25) is 0 Å². The van der Waals surface area contributed by atoms with Crippen molar-refractivity contribution in [1.82, 2.24) is 0 Å². The lowest BCUT2D eigenvalue weighted by atomic mass is 9.63. The Morgan fingerprint density at radius 2 is 1.23 bits per heavy atom. The van der Waals surface area contributed by atoms with E-state index in [1.807, 2.05) is 0 Å². The number of epoxide rings is 2. The van der Waals surface area contributed by atoms with Gasteiger partial charge in [-0.15, -0.1) is 0 Å². The minimum Gasteiger partial charge on any atom is -0.491 e. The maximum atomic E-state index is 5.95. The molecule has 2 saturated heterocycles. The third-order valence-corrected chi connectivity index (χ3v) is 7.68. The summed E-state index contributed by atoms with van der Waals surface area (Å²) in [5, 5.41) is 0. The Bertz CT molecular complexity index is 1210. The molecule has 0 radical (unpaired) electrons. The Kier molecular flexibility index (Phi) is 5.04. The zero-order chi connectivity index (χ0) is 23.2. The molecule has 4 nitrogen and oxygen atoms in total. The van der Waals surface area contributed by atoms with E-state index >= 15 is 0 Å². The molecule has 0 N–H and O–H groups in total. The number of hydrogen-bond donors (Lipinski definition) is 0. The van der Waals surface area contributed by atoms with Crippen LogP contribution in [0.25, 0.3) is 0 Å². The van der Waals surface area contributed by atoms with E-state index in [-0.39, 0.29) is 23.5 Å². The lowest BCUT2D eigenvalue weighted by molar-refractivity contribution is 0.262. The van der Waals surface area contributed by atoms with Gasteiger partial charge in [-0.2, -0.15) is 0 Å². The molecule has 4 atom stereocenters. The van der Waals surface area contributed by atoms with E-state index in [4.69, 9.17) is 18.9 Å². The molecule has 0 amide bonds. The number of rotatable bonds is 8. The van der Waals surface area contributed by atoms with Crippen LogP contribution in [0.5, 0.6) is 11.5 Å². The van der Waals surface area contributed by atoms with Crippen molar-refractivity contribution >= 4 is 0 Å². The molecule has 176 valence electrons. The van der Waals surface area contributed by atoms with Gasteiger partial charge in [0.25, 0.3) is 0 Å². The van der Waals surface area contributed by atoms with Gasteiger partial charge in [-0.25, -0.2) is 0 Å². The maximum absolute atomic E-state index is 5.95. The highest BCUT2D eigenvalue weighted by molar-refractivity contribution is 5.63. The van der Waals surface area contributed by atoms with Crippen molar-refractivity contribution in [2.45, 2.75) is 23.5 Å². The number of ether oxygens (including phenoxy) is 4. The standard InChI is InChI=1S/C31H28O4/c1-3-7-29-27(5-1)28-6-2-4-8-30(28)31(29,21-9-13-23(14-10-21)32-17-25-19-34-25)22-11-15-24(16-12-22)33-18-26-20-35-26/h1-16,25-27,29H,17-20H2. The van der Waals surface area contributed by atoms with Crippen molar-refractivity contribution in [3.05, 3.63) is 119 Å². The van der Waals surface area contributed by atoms with E-state index in [2.05, 4.69) is 97.1 Å². The van der Waals surface area contributed by atoms with E-state index in [1.54, 1.807) is 0 Å². The summed E-state index contributed by atoms with van der Waals surface area (Å²) in [5.41, 5.74) is 5.00. The summed E-state index contributed by atoms with van der Waals surface area (Å²) in [6.07, 6.45) is 9.61. The molecule has 4 heteroatoms. The fraction of sp³-hybridized carbons (Fsp3) is 0.290. The number of fused-ring (bicyclic) bond motifs is 3. The lowest BCUT2D eigenvalue weighted by Gasteiger charge is -2.39. The Morgan fingerprint density at radius 3 is 1.80 bits per heavy atom. The van der Waals surface area contributed by atoms with Crippen LogP contribution in [-0.2, 0) is 14.9 Å². The highest BCUT2D eigenvalue weighted by atomic mass is 16.6. The minimum absolute atomic E-state index is 0.245. The van der Waals surface area contributed by atoms with Gasteiger partial charge in [0.05, 0.1) is 18.6 Å². The van der Waals surface area contributed by atoms with Gasteiger partial charge in [-0.1, -0.05) is 72.8 Å². The maximum Gasteiger partial charge on any atom is 0.119 e. The summed E-state index contributed by atoms with van der Waals surface area (Å²) in [6.45, 7) is 2.82. The molecule has 7 rings (SSSR count). The van der Waals surface area contributed by atoms with Crippen LogP contribution in [-0.4, -0.2) is 38.6 Å². The van der Waals surface area contributed by atoms with Crippen LogP contribution in [0.1, 0.15) is 28.2 Å². The monoisotopic (exact) mass is 464 g/mol. The molecule has 3 aromatic rings. The largest absolute Gasteiger partial charge is 0.491 e. The average Bonchev–Trinajstić information content (AvgIpc) is 3.85. The minimum atomic E-state index is -0.307. The summed E-state index contributed by atoms with van der Waals surface area (Å²) in [7, 11) is 0. The summed E-state index contributed by atoms with van der Waals surface area (Å²) in [4.78, 5) is 0. The zero-order valence-electron chi connectivity index (χ0n) is 19.5. The van der Waals surface area contributed by atoms with Gasteiger partial charge in [0.1, 0.15) is 36.9 Å². The Balaban J connectivity index is 1.33. The second kappa shape index (κ2) is 8.40. The van der Waals surface area contributed by atoms with Crippen LogP contribution in [0.4, 0.5) is 0 Å². The summed E-state index contributed by atoms with van der Waals surface area (Å²) < 4.78 is 22.5. The van der Waals surface area contributed by atoms with Gasteiger partial charge >= 0.3 is 0 Å². The predicted octanol–water partition coefficient (Wildman–Crippen LogP) is 5.42. The van der Waals surface area contributed by atoms with Crippen LogP contribution < -0.4 is 9.47 Å². The second-order valence-corrected chi connectivity index (χ2v) is 9.80. The molecule has 4 aliphatic rings. The summed E-state index contributed by atoms with van der Waals surface area (Å²) in [6, 6.07) is 26.3. The molecular formula is C31H28O4. The third-order valence-electron chi connectivity index (χ3n) is 7.68. The molecule has 0 aromatic heterocycles. The average molecular weight is 465 g/mol. The predicted molar refractivity (Wildman–Crippen MR) is 134 cm³/mol. The zero-order valence-corrected chi connectivity index (χ0v) is 19.5. The van der Waals surface area contributed by atoms with Gasteiger partial charge in [0.2, 0.25) is 0 Å². The van der Waals surface area contributed by atoms with Crippen molar-refractivity contribution < 1.29 is 18.9 Å². The molecular weight excluding hydrogens is 436 g/mol. The molecule has 3 aromatic carbocycles. The van der Waals surface area contributed by atoms with Crippen LogP contribution in [0, 0.1) is 5.92 Å². The molecule has 4 unspecified atom stereocenters. The fourth-order valence-electron chi connectivity index (χ4n) is 5.84. The van der Waals surface area contributed by atoms with Gasteiger partial charge in [0.15, 0.2) is 0 Å². The van der Waals surface area contributed by atoms with E-state index in [1.165, 1.54) is 22.3 Å². The molecule has 2 fully saturated rings. The number of benzene rings is 3. The van der Waals surface area contributed by atoms with E-state index < -0.39 is 0 Å². The van der Waals surface area contributed by atoms with E-state index in [9.17, 15) is 0 Å². The lowest BCUT2D eigenvalue weighted by Crippen LogP contribution is -2.35. The van der Waals surface area contributed by atoms with Crippen molar-refractivity contribution in [2.24, 2.45) is 5.92 Å². The summed E-state index contributed by atoms with van der Waals surface area (Å²) in [5.74, 6) is 2.38. The van der Waals surface area contributed by atoms with Crippen molar-refractivity contribution in [3.63, 3.8) is 0 Å². The normalized spacial score (nSPS) is 29.4.